The van der Waals surface area contributed by atoms with Crippen LogP contribution in [0, 0.1) is 5.92 Å². The number of aliphatic hydroxyl groups excluding tert-OH is 1. The summed E-state index contributed by atoms with van der Waals surface area (Å²) in [5.74, 6) is 0.965. The van der Waals surface area contributed by atoms with Crippen LogP contribution in [0.15, 0.2) is 18.2 Å². The molecular formula is C13H16F2O3. The molecule has 1 aliphatic rings. The molecule has 3 nitrogen and oxygen atoms in total. The van der Waals surface area contributed by atoms with Gasteiger partial charge in [0.15, 0.2) is 11.5 Å². The summed E-state index contributed by atoms with van der Waals surface area (Å²) in [6, 6.07) is 4.97. The van der Waals surface area contributed by atoms with Crippen LogP contribution in [0.25, 0.3) is 0 Å². The van der Waals surface area contributed by atoms with Crippen LogP contribution in [0.2, 0.25) is 0 Å². The zero-order valence-corrected chi connectivity index (χ0v) is 10.1. The van der Waals surface area contributed by atoms with Crippen LogP contribution >= 0.6 is 0 Å². The van der Waals surface area contributed by atoms with Gasteiger partial charge in [0.2, 0.25) is 0 Å². The Morgan fingerprint density at radius 2 is 2.17 bits per heavy atom. The lowest BCUT2D eigenvalue weighted by molar-refractivity contribution is -0.0514. The van der Waals surface area contributed by atoms with Crippen LogP contribution < -0.4 is 9.47 Å². The molecule has 2 rings (SSSR count). The molecule has 18 heavy (non-hydrogen) atoms. The number of ether oxygens (including phenoxy) is 2. The fraction of sp³-hybridized carbons (Fsp3) is 0.538. The molecule has 2 unspecified atom stereocenters. The Hall–Kier alpha value is -1.36. The van der Waals surface area contributed by atoms with E-state index in [9.17, 15) is 8.78 Å². The van der Waals surface area contributed by atoms with Gasteiger partial charge in [-0.15, -0.1) is 0 Å². The molecular weight excluding hydrogens is 242 g/mol. The summed E-state index contributed by atoms with van der Waals surface area (Å²) in [7, 11) is 0. The number of alkyl halides is 2. The largest absolute Gasteiger partial charge is 0.490 e. The van der Waals surface area contributed by atoms with Gasteiger partial charge in [-0.05, 0) is 42.9 Å². The van der Waals surface area contributed by atoms with Crippen LogP contribution in [0.3, 0.4) is 0 Å². The normalized spacial score (nSPS) is 22.1. The number of aliphatic hydroxyl groups is 1. The van der Waals surface area contributed by atoms with E-state index < -0.39 is 6.61 Å². The number of halogens is 2. The molecule has 1 aliphatic carbocycles. The number of hydrogen-bond acceptors (Lipinski definition) is 3. The first-order valence-electron chi connectivity index (χ1n) is 5.98. The van der Waals surface area contributed by atoms with E-state index in [1.165, 1.54) is 6.07 Å². The predicted molar refractivity (Wildman–Crippen MR) is 62.2 cm³/mol. The molecule has 1 fully saturated rings. The lowest BCUT2D eigenvalue weighted by Gasteiger charge is -2.12. The molecule has 0 aliphatic heterocycles. The molecule has 0 amide bonds. The average Bonchev–Trinajstić information content (AvgIpc) is 3.10. The monoisotopic (exact) mass is 258 g/mol. The SMILES string of the molecule is CCOc1cc(C2CC2CO)ccc1OC(F)F. The number of hydrogen-bond donors (Lipinski definition) is 1. The Morgan fingerprint density at radius 3 is 2.72 bits per heavy atom. The first kappa shape index (κ1) is 13.1. The minimum Gasteiger partial charge on any atom is -0.490 e. The minimum absolute atomic E-state index is 0.0526. The minimum atomic E-state index is -2.86. The van der Waals surface area contributed by atoms with Crippen LogP contribution in [0.5, 0.6) is 11.5 Å². The molecule has 2 atom stereocenters. The second kappa shape index (κ2) is 5.52. The van der Waals surface area contributed by atoms with Crippen molar-refractivity contribution in [2.75, 3.05) is 13.2 Å². The fourth-order valence-electron chi connectivity index (χ4n) is 2.07. The Kier molecular flexibility index (Phi) is 4.01. The number of rotatable bonds is 6. The third-order valence-corrected chi connectivity index (χ3v) is 3.07. The van der Waals surface area contributed by atoms with Gasteiger partial charge >= 0.3 is 6.61 Å². The highest BCUT2D eigenvalue weighted by atomic mass is 19.3. The van der Waals surface area contributed by atoms with Gasteiger partial charge in [0, 0.05) is 6.61 Å². The van der Waals surface area contributed by atoms with Gasteiger partial charge in [0.25, 0.3) is 0 Å². The summed E-state index contributed by atoms with van der Waals surface area (Å²) < 4.78 is 34.1. The van der Waals surface area contributed by atoms with E-state index in [1.807, 2.05) is 0 Å². The summed E-state index contributed by atoms with van der Waals surface area (Å²) >= 11 is 0. The molecule has 0 spiro atoms. The molecule has 0 heterocycles. The first-order chi connectivity index (χ1) is 8.65. The van der Waals surface area contributed by atoms with E-state index in [-0.39, 0.29) is 18.3 Å². The van der Waals surface area contributed by atoms with Gasteiger partial charge in [0.05, 0.1) is 6.61 Å². The van der Waals surface area contributed by atoms with Crippen LogP contribution in [-0.2, 0) is 0 Å². The Balaban J connectivity index is 2.17. The third kappa shape index (κ3) is 2.90. The standard InChI is InChI=1S/C13H16F2O3/c1-2-17-12-6-8(10-5-9(10)7-16)3-4-11(12)18-13(14)15/h3-4,6,9-10,13,16H,2,5,7H2,1H3. The van der Waals surface area contributed by atoms with Gasteiger partial charge in [-0.2, -0.15) is 8.78 Å². The molecule has 5 heteroatoms. The van der Waals surface area contributed by atoms with Gasteiger partial charge in [-0.1, -0.05) is 6.07 Å². The van der Waals surface area contributed by atoms with Crippen LogP contribution in [-0.4, -0.2) is 24.9 Å². The van der Waals surface area contributed by atoms with E-state index in [0.717, 1.165) is 12.0 Å². The lowest BCUT2D eigenvalue weighted by atomic mass is 10.1. The Morgan fingerprint density at radius 1 is 1.39 bits per heavy atom. The van der Waals surface area contributed by atoms with E-state index in [4.69, 9.17) is 9.84 Å². The molecule has 0 radical (unpaired) electrons. The van der Waals surface area contributed by atoms with E-state index in [0.29, 0.717) is 18.3 Å². The zero-order valence-electron chi connectivity index (χ0n) is 10.1. The van der Waals surface area contributed by atoms with Crippen molar-refractivity contribution in [3.05, 3.63) is 23.8 Å². The van der Waals surface area contributed by atoms with Crippen molar-refractivity contribution >= 4 is 0 Å². The molecule has 1 aromatic carbocycles. The fourth-order valence-corrected chi connectivity index (χ4v) is 2.07. The van der Waals surface area contributed by atoms with Crippen LogP contribution in [0.1, 0.15) is 24.8 Å². The maximum atomic E-state index is 12.2. The number of benzene rings is 1. The summed E-state index contributed by atoms with van der Waals surface area (Å²) in [4.78, 5) is 0. The highest BCUT2D eigenvalue weighted by Crippen LogP contribution is 2.48. The van der Waals surface area contributed by atoms with Crippen LogP contribution in [0.4, 0.5) is 8.78 Å². The van der Waals surface area contributed by atoms with Gasteiger partial charge in [-0.3, -0.25) is 0 Å². The smallest absolute Gasteiger partial charge is 0.387 e. The van der Waals surface area contributed by atoms with E-state index >= 15 is 0 Å². The van der Waals surface area contributed by atoms with Crippen molar-refractivity contribution in [2.45, 2.75) is 25.9 Å². The topological polar surface area (TPSA) is 38.7 Å². The van der Waals surface area contributed by atoms with Crippen molar-refractivity contribution in [3.8, 4) is 11.5 Å². The summed E-state index contributed by atoms with van der Waals surface area (Å²) in [6.45, 7) is -0.533. The maximum Gasteiger partial charge on any atom is 0.387 e. The molecule has 0 aromatic heterocycles. The average molecular weight is 258 g/mol. The third-order valence-electron chi connectivity index (χ3n) is 3.07. The maximum absolute atomic E-state index is 12.2. The van der Waals surface area contributed by atoms with E-state index in [2.05, 4.69) is 4.74 Å². The van der Waals surface area contributed by atoms with Gasteiger partial charge in [-0.25, -0.2) is 0 Å². The summed E-state index contributed by atoms with van der Waals surface area (Å²) in [5, 5.41) is 9.03. The first-order valence-corrected chi connectivity index (χ1v) is 5.98. The second-order valence-electron chi connectivity index (χ2n) is 4.30. The molecule has 0 bridgehead atoms. The highest BCUT2D eigenvalue weighted by Gasteiger charge is 2.37. The molecule has 1 saturated carbocycles. The van der Waals surface area contributed by atoms with Crippen molar-refractivity contribution < 1.29 is 23.4 Å². The molecule has 1 N–H and O–H groups in total. The van der Waals surface area contributed by atoms with Gasteiger partial charge in [0.1, 0.15) is 0 Å². The molecule has 100 valence electrons. The van der Waals surface area contributed by atoms with Crippen molar-refractivity contribution in [3.63, 3.8) is 0 Å². The lowest BCUT2D eigenvalue weighted by Crippen LogP contribution is -2.05. The highest BCUT2D eigenvalue weighted by molar-refractivity contribution is 5.45. The summed E-state index contributed by atoms with van der Waals surface area (Å²) in [6.07, 6.45) is 0.928. The molecule has 0 saturated heterocycles. The quantitative estimate of drug-likeness (QED) is 0.852. The van der Waals surface area contributed by atoms with Crippen molar-refractivity contribution in [2.24, 2.45) is 5.92 Å². The molecule has 1 aromatic rings. The Labute approximate surface area is 104 Å². The van der Waals surface area contributed by atoms with Crippen molar-refractivity contribution in [1.29, 1.82) is 0 Å². The second-order valence-corrected chi connectivity index (χ2v) is 4.30. The van der Waals surface area contributed by atoms with Gasteiger partial charge < -0.3 is 14.6 Å². The Bertz CT molecular complexity index is 409. The van der Waals surface area contributed by atoms with Crippen molar-refractivity contribution in [1.82, 2.24) is 0 Å². The van der Waals surface area contributed by atoms with E-state index in [1.54, 1.807) is 19.1 Å². The zero-order chi connectivity index (χ0) is 13.1. The summed E-state index contributed by atoms with van der Waals surface area (Å²) in [5.41, 5.74) is 0.999. The predicted octanol–water partition coefficient (Wildman–Crippen LogP) is 2.78.